The molecule has 0 unspecified atom stereocenters. The van der Waals surface area contributed by atoms with Crippen LogP contribution in [0, 0.1) is 5.92 Å². The number of amides is 2. The van der Waals surface area contributed by atoms with E-state index in [1.165, 1.54) is 6.42 Å². The topological polar surface area (TPSA) is 76.9 Å². The van der Waals surface area contributed by atoms with Crippen LogP contribution in [0.4, 0.5) is 16.3 Å². The van der Waals surface area contributed by atoms with E-state index in [1.807, 2.05) is 36.5 Å². The number of rotatable bonds is 4. The first kappa shape index (κ1) is 23.4. The molecule has 6 rings (SSSR count). The molecule has 36 heavy (non-hydrogen) atoms. The van der Waals surface area contributed by atoms with E-state index in [-0.39, 0.29) is 30.1 Å². The smallest absolute Gasteiger partial charge is 0.416 e. The van der Waals surface area contributed by atoms with Crippen LogP contribution in [0.15, 0.2) is 18.3 Å². The summed E-state index contributed by atoms with van der Waals surface area (Å²) in [5.74, 6) is 2.01. The van der Waals surface area contributed by atoms with Crippen LogP contribution in [-0.4, -0.2) is 46.1 Å². The van der Waals surface area contributed by atoms with Crippen LogP contribution >= 0.6 is 0 Å². The third-order valence-corrected chi connectivity index (χ3v) is 7.76. The largest absolute Gasteiger partial charge is 0.489 e. The number of hydrogen-bond acceptors (Lipinski definition) is 5. The highest BCUT2D eigenvalue weighted by Crippen LogP contribution is 2.48. The van der Waals surface area contributed by atoms with E-state index >= 15 is 0 Å². The van der Waals surface area contributed by atoms with Crippen LogP contribution < -0.4 is 14.5 Å². The van der Waals surface area contributed by atoms with Crippen molar-refractivity contribution in [3.05, 3.63) is 23.9 Å². The molecule has 3 heterocycles. The molecule has 0 saturated heterocycles. The van der Waals surface area contributed by atoms with Crippen LogP contribution in [-0.2, 0) is 22.5 Å². The van der Waals surface area contributed by atoms with Crippen LogP contribution in [0.3, 0.4) is 0 Å². The van der Waals surface area contributed by atoms with E-state index in [9.17, 15) is 9.59 Å². The van der Waals surface area contributed by atoms with Gasteiger partial charge in [0, 0.05) is 28.7 Å². The molecular formula is C28H36N4O4. The Bertz CT molecular complexity index is 1200. The zero-order valence-electron chi connectivity index (χ0n) is 21.7. The van der Waals surface area contributed by atoms with Crippen molar-refractivity contribution in [2.75, 3.05) is 16.3 Å². The number of fused-ring (bicyclic) bond motifs is 2. The predicted octanol–water partition coefficient (Wildman–Crippen LogP) is 5.31. The van der Waals surface area contributed by atoms with E-state index in [1.54, 1.807) is 4.90 Å². The molecule has 4 aliphatic rings. The molecule has 0 bridgehead atoms. The maximum absolute atomic E-state index is 13.2. The van der Waals surface area contributed by atoms with Crippen LogP contribution in [0.25, 0.3) is 11.1 Å². The van der Waals surface area contributed by atoms with Gasteiger partial charge in [0.15, 0.2) is 0 Å². The van der Waals surface area contributed by atoms with Gasteiger partial charge in [-0.2, -0.15) is 5.10 Å². The molecule has 2 aromatic rings. The Morgan fingerprint density at radius 2 is 1.81 bits per heavy atom. The fraction of sp³-hybridized carbons (Fsp3) is 0.607. The maximum atomic E-state index is 13.2. The average molecular weight is 493 g/mol. The lowest BCUT2D eigenvalue weighted by Crippen LogP contribution is -2.43. The lowest BCUT2D eigenvalue weighted by atomic mass is 9.90. The minimum atomic E-state index is -0.580. The van der Waals surface area contributed by atoms with Gasteiger partial charge in [-0.25, -0.2) is 9.48 Å². The summed E-state index contributed by atoms with van der Waals surface area (Å²) in [6, 6.07) is 4.31. The van der Waals surface area contributed by atoms with Gasteiger partial charge in [-0.1, -0.05) is 0 Å². The third-order valence-electron chi connectivity index (χ3n) is 7.76. The first-order valence-electron chi connectivity index (χ1n) is 13.4. The van der Waals surface area contributed by atoms with Gasteiger partial charge in [-0.05, 0) is 84.8 Å². The summed E-state index contributed by atoms with van der Waals surface area (Å²) in [5.41, 5.74) is 3.31. The summed E-state index contributed by atoms with van der Waals surface area (Å²) in [6.45, 7) is 8.93. The quantitative estimate of drug-likeness (QED) is 0.578. The van der Waals surface area contributed by atoms with Gasteiger partial charge in [-0.15, -0.1) is 0 Å². The summed E-state index contributed by atoms with van der Waals surface area (Å²) >= 11 is 0. The summed E-state index contributed by atoms with van der Waals surface area (Å²) < 4.78 is 14.2. The van der Waals surface area contributed by atoms with Crippen molar-refractivity contribution in [2.45, 2.75) is 96.9 Å². The molecule has 2 fully saturated rings. The van der Waals surface area contributed by atoms with Crippen molar-refractivity contribution < 1.29 is 19.1 Å². The standard InChI is InChI=1S/C28H36N4O4/c1-17-8-11-21-23(32(17)26(33)18-9-10-18)13-12-20(24(21)35-19-6-5-7-19)22-16-29-31-15-14-30(25(22)31)27(34)36-28(2,3)4/h12-13,16-19H,5-11,14-15H2,1-4H3/t17-/m0/s1. The molecule has 192 valence electrons. The first-order valence-corrected chi connectivity index (χ1v) is 13.4. The Morgan fingerprint density at radius 1 is 1.03 bits per heavy atom. The predicted molar refractivity (Wildman–Crippen MR) is 138 cm³/mol. The molecule has 2 aliphatic carbocycles. The van der Waals surface area contributed by atoms with Gasteiger partial charge in [0.2, 0.25) is 5.91 Å². The molecule has 8 heteroatoms. The molecule has 1 aromatic heterocycles. The van der Waals surface area contributed by atoms with Crippen LogP contribution in [0.1, 0.15) is 71.8 Å². The fourth-order valence-corrected chi connectivity index (χ4v) is 5.48. The second-order valence-electron chi connectivity index (χ2n) is 11.7. The number of nitrogens with zero attached hydrogens (tertiary/aromatic N) is 4. The van der Waals surface area contributed by atoms with Crippen molar-refractivity contribution in [3.8, 4) is 16.9 Å². The minimum Gasteiger partial charge on any atom is -0.489 e. The van der Waals surface area contributed by atoms with Gasteiger partial charge < -0.3 is 14.4 Å². The maximum Gasteiger partial charge on any atom is 0.416 e. The molecule has 0 radical (unpaired) electrons. The molecule has 0 spiro atoms. The summed E-state index contributed by atoms with van der Waals surface area (Å²) in [5, 5.41) is 4.60. The molecule has 1 aromatic carbocycles. The minimum absolute atomic E-state index is 0.162. The zero-order chi connectivity index (χ0) is 25.2. The first-order chi connectivity index (χ1) is 17.2. The Morgan fingerprint density at radius 3 is 2.47 bits per heavy atom. The molecule has 2 amide bonds. The van der Waals surface area contributed by atoms with Gasteiger partial charge in [0.25, 0.3) is 0 Å². The average Bonchev–Trinajstić information content (AvgIpc) is 3.42. The number of carbonyl (C=O) groups is 2. The Labute approximate surface area is 212 Å². The molecule has 8 nitrogen and oxygen atoms in total. The number of carbonyl (C=O) groups excluding carboxylic acids is 2. The van der Waals surface area contributed by atoms with E-state index in [2.05, 4.69) is 24.2 Å². The zero-order valence-corrected chi connectivity index (χ0v) is 21.7. The van der Waals surface area contributed by atoms with Crippen molar-refractivity contribution in [3.63, 3.8) is 0 Å². The highest BCUT2D eigenvalue weighted by atomic mass is 16.6. The van der Waals surface area contributed by atoms with E-state index < -0.39 is 5.60 Å². The van der Waals surface area contributed by atoms with Gasteiger partial charge in [-0.3, -0.25) is 9.69 Å². The molecular weight excluding hydrogens is 456 g/mol. The molecule has 1 atom stereocenters. The van der Waals surface area contributed by atoms with E-state index in [4.69, 9.17) is 9.47 Å². The van der Waals surface area contributed by atoms with Crippen LogP contribution in [0.2, 0.25) is 0 Å². The number of hydrogen-bond donors (Lipinski definition) is 0. The summed E-state index contributed by atoms with van der Waals surface area (Å²) in [6.07, 6.45) is 8.67. The third kappa shape index (κ3) is 4.04. The van der Waals surface area contributed by atoms with E-state index in [0.717, 1.165) is 72.5 Å². The lowest BCUT2D eigenvalue weighted by Gasteiger charge is -2.38. The second kappa shape index (κ2) is 8.53. The molecule has 2 saturated carbocycles. The Kier molecular flexibility index (Phi) is 5.54. The van der Waals surface area contributed by atoms with Gasteiger partial charge >= 0.3 is 6.09 Å². The normalized spacial score (nSPS) is 21.6. The van der Waals surface area contributed by atoms with E-state index in [0.29, 0.717) is 13.1 Å². The van der Waals surface area contributed by atoms with Gasteiger partial charge in [0.1, 0.15) is 17.2 Å². The summed E-state index contributed by atoms with van der Waals surface area (Å²) in [7, 11) is 0. The van der Waals surface area contributed by atoms with Crippen molar-refractivity contribution in [1.29, 1.82) is 0 Å². The number of ether oxygens (including phenoxy) is 2. The highest BCUT2D eigenvalue weighted by molar-refractivity contribution is 6.00. The molecule has 0 N–H and O–H groups in total. The van der Waals surface area contributed by atoms with Crippen LogP contribution in [0.5, 0.6) is 5.75 Å². The van der Waals surface area contributed by atoms with Crippen molar-refractivity contribution in [1.82, 2.24) is 9.78 Å². The van der Waals surface area contributed by atoms with Crippen molar-refractivity contribution in [2.24, 2.45) is 5.92 Å². The van der Waals surface area contributed by atoms with Gasteiger partial charge in [0.05, 0.1) is 31.1 Å². The SMILES string of the molecule is C[C@H]1CCc2c(ccc(-c3cnn4c3N(C(=O)OC(C)(C)C)CC4)c2OC2CCC2)N1C(=O)C1CC1. The number of aromatic nitrogens is 2. The number of benzene rings is 1. The number of anilines is 2. The fourth-order valence-electron chi connectivity index (χ4n) is 5.48. The Balaban J connectivity index is 1.43. The second-order valence-corrected chi connectivity index (χ2v) is 11.7. The van der Waals surface area contributed by atoms with Crippen molar-refractivity contribution >= 4 is 23.5 Å². The molecule has 2 aliphatic heterocycles. The highest BCUT2D eigenvalue weighted by Gasteiger charge is 2.40. The Hall–Kier alpha value is -3.03. The lowest BCUT2D eigenvalue weighted by molar-refractivity contribution is -0.120. The summed E-state index contributed by atoms with van der Waals surface area (Å²) in [4.78, 5) is 30.0. The monoisotopic (exact) mass is 492 g/mol.